The molecule has 0 aromatic carbocycles. The van der Waals surface area contributed by atoms with Gasteiger partial charge in [-0.1, -0.05) is 0 Å². The fraction of sp³-hybridized carbons (Fsp3) is 0. The Bertz CT molecular complexity index is 107. The van der Waals surface area contributed by atoms with Gasteiger partial charge in [0.1, 0.15) is 0 Å². The van der Waals surface area contributed by atoms with E-state index in [0.717, 1.165) is 0 Å². The van der Waals surface area contributed by atoms with E-state index in [2.05, 4.69) is 9.78 Å². The molecular weight excluding hydrogens is 269 g/mol. The van der Waals surface area contributed by atoms with Crippen LogP contribution in [0.1, 0.15) is 0 Å². The van der Waals surface area contributed by atoms with Crippen LogP contribution in [-0.2, 0) is 29.3 Å². The number of hydrogen-bond acceptors (Lipinski definition) is 8. The standard InChI is InChI=1S/2CH2O4.Al.Mg.Zn.2H/c2*2-1(3)5-4;;;;;/h2*4H,(H,2,3);;;;;/q;;;;+2;;/p-2. The predicted molar refractivity (Wildman–Crippen MR) is 32.5 cm³/mol. The quantitative estimate of drug-likeness (QED) is 0.261. The number of hydrogen-bond donors (Lipinski definition) is 2. The molecule has 0 bridgehead atoms. The van der Waals surface area contributed by atoms with Crippen molar-refractivity contribution >= 4 is 52.7 Å². The molecule has 0 amide bonds. The summed E-state index contributed by atoms with van der Waals surface area (Å²) in [4.78, 5) is 22.7. The predicted octanol–water partition coefficient (Wildman–Crippen LogP) is -3.66. The maximum atomic E-state index is 8.78. The largest absolute Gasteiger partial charge is 2.00 e. The zero-order chi connectivity index (χ0) is 8.57. The second kappa shape index (κ2) is 22.8. The van der Waals surface area contributed by atoms with Gasteiger partial charge in [0, 0.05) is 17.4 Å². The maximum Gasteiger partial charge on any atom is 2.00 e. The molecule has 0 atom stereocenters. The van der Waals surface area contributed by atoms with Gasteiger partial charge >= 0.3 is 42.5 Å². The molecule has 0 aliphatic carbocycles. The van der Waals surface area contributed by atoms with Crippen molar-refractivity contribution in [1.82, 2.24) is 0 Å². The van der Waals surface area contributed by atoms with Crippen molar-refractivity contribution < 1.29 is 59.6 Å². The number of carboxylic acid groups (broad SMARTS) is 2. The first kappa shape index (κ1) is 29.2. The SMILES string of the molecule is O=C([O-])OO.O=C([O-])OO.[Al].[MgH2].[Zn+2]. The summed E-state index contributed by atoms with van der Waals surface area (Å²) in [6.45, 7) is 0. The van der Waals surface area contributed by atoms with E-state index < -0.39 is 12.3 Å². The number of carbonyl (C=O) groups is 2. The van der Waals surface area contributed by atoms with Gasteiger partial charge in [0.2, 0.25) is 0 Å². The van der Waals surface area contributed by atoms with E-state index in [1.54, 1.807) is 0 Å². The normalized spacial score (nSPS) is 5.08. The first-order valence-corrected chi connectivity index (χ1v) is 1.59. The summed E-state index contributed by atoms with van der Waals surface area (Å²) in [6, 6.07) is 0. The summed E-state index contributed by atoms with van der Waals surface area (Å²) < 4.78 is 0. The Morgan fingerprint density at radius 2 is 1.08 bits per heavy atom. The van der Waals surface area contributed by atoms with Crippen molar-refractivity contribution in [3.63, 3.8) is 0 Å². The molecule has 0 heterocycles. The Labute approximate surface area is 112 Å². The summed E-state index contributed by atoms with van der Waals surface area (Å²) in [5, 5.41) is 31.5. The smallest absolute Gasteiger partial charge is 0.424 e. The Balaban J connectivity index is -0.0000000267. The van der Waals surface area contributed by atoms with E-state index in [1.807, 2.05) is 0 Å². The fourth-order valence-electron chi connectivity index (χ4n) is 0. The van der Waals surface area contributed by atoms with Gasteiger partial charge in [-0.25, -0.2) is 0 Å². The van der Waals surface area contributed by atoms with Crippen molar-refractivity contribution in [2.75, 3.05) is 0 Å². The topological polar surface area (TPSA) is 139 Å². The Hall–Kier alpha value is 0.382. The first-order chi connectivity index (χ1) is 4.54. The Kier molecular flexibility index (Phi) is 51.3. The second-order valence-corrected chi connectivity index (χ2v) is 0.683. The molecule has 0 aromatic heterocycles. The van der Waals surface area contributed by atoms with E-state index in [1.165, 1.54) is 0 Å². The van der Waals surface area contributed by atoms with Crippen molar-refractivity contribution in [1.29, 1.82) is 0 Å². The van der Waals surface area contributed by atoms with Gasteiger partial charge in [0.25, 0.3) is 12.3 Å². The van der Waals surface area contributed by atoms with E-state index in [-0.39, 0.29) is 59.9 Å². The molecule has 3 radical (unpaired) electrons. The van der Waals surface area contributed by atoms with Crippen LogP contribution in [0.15, 0.2) is 0 Å². The summed E-state index contributed by atoms with van der Waals surface area (Å²) in [6.07, 6.45) is -3.88. The van der Waals surface area contributed by atoms with Gasteiger partial charge in [0.05, 0.1) is 0 Å². The molecule has 67 valence electrons. The van der Waals surface area contributed by atoms with Gasteiger partial charge in [-0.05, 0) is 0 Å². The molecule has 0 rings (SSSR count). The van der Waals surface area contributed by atoms with Crippen LogP contribution in [0.25, 0.3) is 0 Å². The molecule has 0 fully saturated rings. The third kappa shape index (κ3) is 69.5. The van der Waals surface area contributed by atoms with E-state index >= 15 is 0 Å². The van der Waals surface area contributed by atoms with E-state index in [9.17, 15) is 0 Å². The fourth-order valence-corrected chi connectivity index (χ4v) is 0. The minimum absolute atomic E-state index is 0. The minimum atomic E-state index is -1.94. The molecule has 0 saturated carbocycles. The van der Waals surface area contributed by atoms with Crippen LogP contribution < -0.4 is 10.2 Å². The summed E-state index contributed by atoms with van der Waals surface area (Å²) in [5.74, 6) is 0. The molecule has 2 N–H and O–H groups in total. The van der Waals surface area contributed by atoms with Crippen LogP contribution in [0, 0.1) is 0 Å². The average Bonchev–Trinajstić information content (AvgIpc) is 1.89. The maximum absolute atomic E-state index is 8.78. The van der Waals surface area contributed by atoms with Crippen LogP contribution >= 0.6 is 0 Å². The second-order valence-electron chi connectivity index (χ2n) is 0.683. The van der Waals surface area contributed by atoms with Crippen molar-refractivity contribution in [3.8, 4) is 0 Å². The van der Waals surface area contributed by atoms with Crippen molar-refractivity contribution in [3.05, 3.63) is 0 Å². The first-order valence-electron chi connectivity index (χ1n) is 1.59. The third-order valence-corrected chi connectivity index (χ3v) is 0.149. The molecule has 0 aliphatic heterocycles. The molecule has 0 unspecified atom stereocenters. The summed E-state index contributed by atoms with van der Waals surface area (Å²) in [5.41, 5.74) is 0. The van der Waals surface area contributed by atoms with E-state index in [4.69, 9.17) is 30.3 Å². The van der Waals surface area contributed by atoms with Gasteiger partial charge in [0.15, 0.2) is 0 Å². The Morgan fingerprint density at radius 3 is 1.08 bits per heavy atom. The molecule has 0 saturated heterocycles. The molecule has 11 heteroatoms. The zero-order valence-corrected chi connectivity index (χ0v) is 9.75. The zero-order valence-electron chi connectivity index (χ0n) is 5.63. The Morgan fingerprint density at radius 1 is 1.00 bits per heavy atom. The molecule has 0 spiro atoms. The minimum Gasteiger partial charge on any atom is -0.424 e. The van der Waals surface area contributed by atoms with Crippen molar-refractivity contribution in [2.45, 2.75) is 0 Å². The molecular formula is C2H4AlMgO8Zn. The monoisotopic (exact) mass is 271 g/mol. The van der Waals surface area contributed by atoms with Gasteiger partial charge in [-0.15, -0.1) is 0 Å². The van der Waals surface area contributed by atoms with Gasteiger partial charge in [-0.2, -0.15) is 0 Å². The van der Waals surface area contributed by atoms with E-state index in [0.29, 0.717) is 0 Å². The average molecular weight is 273 g/mol. The van der Waals surface area contributed by atoms with Crippen LogP contribution in [-0.4, -0.2) is 63.2 Å². The van der Waals surface area contributed by atoms with Gasteiger partial charge in [-0.3, -0.25) is 10.5 Å². The molecule has 8 nitrogen and oxygen atoms in total. The van der Waals surface area contributed by atoms with Crippen LogP contribution in [0.4, 0.5) is 9.59 Å². The molecule has 0 aromatic rings. The van der Waals surface area contributed by atoms with Crippen LogP contribution in [0.3, 0.4) is 0 Å². The van der Waals surface area contributed by atoms with Crippen molar-refractivity contribution in [2.24, 2.45) is 0 Å². The van der Waals surface area contributed by atoms with Crippen LogP contribution in [0.5, 0.6) is 0 Å². The van der Waals surface area contributed by atoms with Gasteiger partial charge < -0.3 is 29.6 Å². The third-order valence-electron chi connectivity index (χ3n) is 0.149. The number of rotatable bonds is 0. The summed E-state index contributed by atoms with van der Waals surface area (Å²) in [7, 11) is 0. The molecule has 13 heavy (non-hydrogen) atoms. The van der Waals surface area contributed by atoms with Crippen LogP contribution in [0.2, 0.25) is 0 Å². The molecule has 0 aliphatic rings. The number of carbonyl (C=O) groups excluding carboxylic acids is 2. The summed E-state index contributed by atoms with van der Waals surface area (Å²) >= 11 is 0.